The molecule has 2 aromatic heterocycles. The van der Waals surface area contributed by atoms with Crippen LogP contribution in [0.15, 0.2) is 46.1 Å². The Bertz CT molecular complexity index is 1660. The number of H-pyrrole nitrogens is 2. The molecule has 0 unspecified atom stereocenters. The van der Waals surface area contributed by atoms with Gasteiger partial charge in [0.2, 0.25) is 0 Å². The van der Waals surface area contributed by atoms with Gasteiger partial charge in [0.15, 0.2) is 21.5 Å². The summed E-state index contributed by atoms with van der Waals surface area (Å²) < 4.78 is 51.6. The molecule has 1 amide bonds. The standard InChI is InChI=1S/C23H20F2N4O4S/c1-29(23(31)18-6-11-5-12(34(2,32)33)3-4-17(11)27-18)20-10-26-9-19-21(20)13-7-15(24)16(25)8-14(13)22(30)28-19/h3-8,20,26-27H,9-10H2,1-2H3,(H,28,30)/t20-/m1/s1. The number of aromatic nitrogens is 2. The highest BCUT2D eigenvalue weighted by molar-refractivity contribution is 7.90. The lowest BCUT2D eigenvalue weighted by molar-refractivity contribution is 0.0718. The number of rotatable bonds is 3. The first-order valence-electron chi connectivity index (χ1n) is 10.4. The molecule has 3 heterocycles. The predicted molar refractivity (Wildman–Crippen MR) is 122 cm³/mol. The zero-order valence-electron chi connectivity index (χ0n) is 18.2. The summed E-state index contributed by atoms with van der Waals surface area (Å²) in [5, 5.41) is 3.95. The van der Waals surface area contributed by atoms with Crippen molar-refractivity contribution in [2.24, 2.45) is 0 Å². The molecule has 0 bridgehead atoms. The van der Waals surface area contributed by atoms with E-state index in [1.165, 1.54) is 17.0 Å². The van der Waals surface area contributed by atoms with Gasteiger partial charge < -0.3 is 20.2 Å². The Balaban J connectivity index is 1.58. The Morgan fingerprint density at radius 1 is 1.06 bits per heavy atom. The van der Waals surface area contributed by atoms with Crippen LogP contribution in [0, 0.1) is 11.6 Å². The van der Waals surface area contributed by atoms with Gasteiger partial charge in [-0.2, -0.15) is 0 Å². The predicted octanol–water partition coefficient (Wildman–Crippen LogP) is 2.61. The molecule has 34 heavy (non-hydrogen) atoms. The molecule has 0 aliphatic carbocycles. The van der Waals surface area contributed by atoms with Crippen LogP contribution in [0.3, 0.4) is 0 Å². The summed E-state index contributed by atoms with van der Waals surface area (Å²) in [6.07, 6.45) is 1.11. The maximum absolute atomic E-state index is 14.1. The lowest BCUT2D eigenvalue weighted by Crippen LogP contribution is -2.42. The van der Waals surface area contributed by atoms with Gasteiger partial charge in [0.1, 0.15) is 5.69 Å². The van der Waals surface area contributed by atoms with Crippen molar-refractivity contribution >= 4 is 37.4 Å². The van der Waals surface area contributed by atoms with E-state index in [1.54, 1.807) is 19.2 Å². The van der Waals surface area contributed by atoms with Crippen molar-refractivity contribution in [2.75, 3.05) is 19.8 Å². The number of aromatic amines is 2. The zero-order chi connectivity index (χ0) is 24.4. The molecular formula is C23H20F2N4O4S. The van der Waals surface area contributed by atoms with Crippen molar-refractivity contribution in [3.63, 3.8) is 0 Å². The molecular weight excluding hydrogens is 466 g/mol. The normalized spacial score (nSPS) is 16.1. The van der Waals surface area contributed by atoms with Crippen molar-refractivity contribution in [3.8, 4) is 0 Å². The first-order chi connectivity index (χ1) is 16.0. The second kappa shape index (κ2) is 7.74. The third-order valence-corrected chi connectivity index (χ3v) is 7.31. The summed E-state index contributed by atoms with van der Waals surface area (Å²) in [6, 6.07) is 7.38. The number of pyridine rings is 1. The SMILES string of the molecule is CN(C(=O)c1cc2cc(S(C)(=O)=O)ccc2[nH]1)[C@@H]1CNCc2[nH]c(=O)c3cc(F)c(F)cc3c21. The Morgan fingerprint density at radius 3 is 2.47 bits per heavy atom. The van der Waals surface area contributed by atoms with E-state index in [4.69, 9.17) is 0 Å². The van der Waals surface area contributed by atoms with Crippen molar-refractivity contribution in [2.45, 2.75) is 17.5 Å². The number of sulfone groups is 1. The molecule has 4 aromatic rings. The van der Waals surface area contributed by atoms with Gasteiger partial charge >= 0.3 is 0 Å². The first-order valence-corrected chi connectivity index (χ1v) is 12.3. The molecule has 5 rings (SSSR count). The number of hydrogen-bond donors (Lipinski definition) is 3. The van der Waals surface area contributed by atoms with Crippen molar-refractivity contribution in [1.29, 1.82) is 0 Å². The number of carbonyl (C=O) groups excluding carboxylic acids is 1. The summed E-state index contributed by atoms with van der Waals surface area (Å²) in [6.45, 7) is 0.631. The fraction of sp³-hybridized carbons (Fsp3) is 0.217. The fourth-order valence-electron chi connectivity index (χ4n) is 4.47. The van der Waals surface area contributed by atoms with Gasteiger partial charge in [0.25, 0.3) is 11.5 Å². The number of hydrogen-bond acceptors (Lipinski definition) is 5. The maximum atomic E-state index is 14.1. The van der Waals surface area contributed by atoms with Crippen LogP contribution in [0.5, 0.6) is 0 Å². The average molecular weight is 487 g/mol. The topological polar surface area (TPSA) is 115 Å². The van der Waals surface area contributed by atoms with Crippen LogP contribution in [0.2, 0.25) is 0 Å². The first kappa shape index (κ1) is 22.2. The van der Waals surface area contributed by atoms with E-state index in [0.29, 0.717) is 35.2 Å². The maximum Gasteiger partial charge on any atom is 0.270 e. The monoisotopic (exact) mass is 486 g/mol. The number of nitrogens with one attached hydrogen (secondary N) is 3. The van der Waals surface area contributed by atoms with E-state index in [1.807, 2.05) is 0 Å². The second-order valence-corrected chi connectivity index (χ2v) is 10.4. The largest absolute Gasteiger partial charge is 0.351 e. The number of carbonyl (C=O) groups is 1. The fourth-order valence-corrected chi connectivity index (χ4v) is 5.12. The van der Waals surface area contributed by atoms with Gasteiger partial charge in [0.05, 0.1) is 16.3 Å². The minimum atomic E-state index is -3.41. The molecule has 0 saturated heterocycles. The van der Waals surface area contributed by atoms with Gasteiger partial charge in [-0.25, -0.2) is 17.2 Å². The second-order valence-electron chi connectivity index (χ2n) is 8.43. The highest BCUT2D eigenvalue weighted by Crippen LogP contribution is 2.33. The average Bonchev–Trinajstić information content (AvgIpc) is 3.22. The summed E-state index contributed by atoms with van der Waals surface area (Å²) >= 11 is 0. The molecule has 1 atom stereocenters. The van der Waals surface area contributed by atoms with Crippen LogP contribution in [-0.2, 0) is 16.4 Å². The molecule has 3 N–H and O–H groups in total. The number of fused-ring (bicyclic) bond motifs is 4. The molecule has 0 spiro atoms. The Labute approximate surface area is 192 Å². The summed E-state index contributed by atoms with van der Waals surface area (Å²) in [7, 11) is -1.83. The van der Waals surface area contributed by atoms with Gasteiger partial charge in [-0.3, -0.25) is 9.59 Å². The third kappa shape index (κ3) is 3.57. The van der Waals surface area contributed by atoms with E-state index in [0.717, 1.165) is 18.4 Å². The van der Waals surface area contributed by atoms with Crippen molar-refractivity contribution in [3.05, 3.63) is 75.3 Å². The number of likely N-dealkylation sites (N-methyl/N-ethyl adjacent to an activating group) is 1. The number of nitrogens with zero attached hydrogens (tertiary/aromatic N) is 1. The summed E-state index contributed by atoms with van der Waals surface area (Å²) in [4.78, 5) is 33.1. The lowest BCUT2D eigenvalue weighted by Gasteiger charge is -2.34. The molecule has 0 radical (unpaired) electrons. The van der Waals surface area contributed by atoms with E-state index in [9.17, 15) is 26.8 Å². The van der Waals surface area contributed by atoms with Crippen molar-refractivity contribution in [1.82, 2.24) is 20.2 Å². The van der Waals surface area contributed by atoms with Gasteiger partial charge in [-0.15, -0.1) is 0 Å². The molecule has 11 heteroatoms. The Hall–Kier alpha value is -3.57. The van der Waals surface area contributed by atoms with Crippen LogP contribution < -0.4 is 10.9 Å². The smallest absolute Gasteiger partial charge is 0.270 e. The molecule has 1 aliphatic heterocycles. The van der Waals surface area contributed by atoms with Gasteiger partial charge in [-0.05, 0) is 41.8 Å². The van der Waals surface area contributed by atoms with Crippen LogP contribution in [0.25, 0.3) is 21.7 Å². The highest BCUT2D eigenvalue weighted by atomic mass is 32.2. The third-order valence-electron chi connectivity index (χ3n) is 6.20. The van der Waals surface area contributed by atoms with Crippen LogP contribution in [-0.4, -0.2) is 49.0 Å². The minimum Gasteiger partial charge on any atom is -0.351 e. The molecule has 8 nitrogen and oxygen atoms in total. The van der Waals surface area contributed by atoms with Crippen LogP contribution in [0.1, 0.15) is 27.8 Å². The number of amides is 1. The number of halogens is 2. The van der Waals surface area contributed by atoms with Gasteiger partial charge in [0, 0.05) is 48.6 Å². The Kier molecular flexibility index (Phi) is 5.06. The quantitative estimate of drug-likeness (QED) is 0.412. The zero-order valence-corrected chi connectivity index (χ0v) is 19.0. The lowest BCUT2D eigenvalue weighted by atomic mass is 9.93. The summed E-state index contributed by atoms with van der Waals surface area (Å²) in [5.41, 5.74) is 1.33. The molecule has 0 saturated carbocycles. The number of benzene rings is 2. The van der Waals surface area contributed by atoms with E-state index in [2.05, 4.69) is 15.3 Å². The molecule has 0 fully saturated rings. The van der Waals surface area contributed by atoms with Crippen molar-refractivity contribution < 1.29 is 22.0 Å². The van der Waals surface area contributed by atoms with Gasteiger partial charge in [-0.1, -0.05) is 0 Å². The van der Waals surface area contributed by atoms with E-state index >= 15 is 0 Å². The van der Waals surface area contributed by atoms with E-state index in [-0.39, 0.29) is 21.4 Å². The van der Waals surface area contributed by atoms with E-state index < -0.39 is 39.0 Å². The molecule has 1 aliphatic rings. The molecule has 176 valence electrons. The summed E-state index contributed by atoms with van der Waals surface area (Å²) in [5.74, 6) is -2.60. The molecule has 2 aromatic carbocycles. The minimum absolute atomic E-state index is 0.00400. The highest BCUT2D eigenvalue weighted by Gasteiger charge is 2.31. The van der Waals surface area contributed by atoms with Crippen LogP contribution in [0.4, 0.5) is 8.78 Å². The van der Waals surface area contributed by atoms with Crippen LogP contribution >= 0.6 is 0 Å². The Morgan fingerprint density at radius 2 is 1.76 bits per heavy atom.